The van der Waals surface area contributed by atoms with E-state index in [1.165, 1.54) is 4.90 Å². The van der Waals surface area contributed by atoms with Crippen molar-refractivity contribution in [3.05, 3.63) is 28.2 Å². The van der Waals surface area contributed by atoms with E-state index in [1.54, 1.807) is 0 Å². The molecule has 0 aromatic heterocycles. The van der Waals surface area contributed by atoms with Gasteiger partial charge in [0.1, 0.15) is 24.3 Å². The third kappa shape index (κ3) is 2.60. The van der Waals surface area contributed by atoms with E-state index in [1.807, 2.05) is 25.1 Å². The third-order valence-corrected chi connectivity index (χ3v) is 5.01. The molecule has 2 aliphatic heterocycles. The lowest BCUT2D eigenvalue weighted by molar-refractivity contribution is -0.155. The number of piperidine rings is 1. The standard InChI is InChI=1S/C16H18BrNO4/c1-9-3-2-6-18(14(9)16(20)21)15(19)12-8-22-13-5-4-10(17)7-11(12)13/h4-5,7,9,12,14H,2-3,6,8H2,1H3,(H,20,21). The van der Waals surface area contributed by atoms with Crippen LogP contribution < -0.4 is 4.74 Å². The van der Waals surface area contributed by atoms with Crippen LogP contribution in [0, 0.1) is 5.92 Å². The van der Waals surface area contributed by atoms with Crippen LogP contribution in [0.3, 0.4) is 0 Å². The van der Waals surface area contributed by atoms with E-state index in [0.29, 0.717) is 12.3 Å². The second kappa shape index (κ2) is 5.91. The molecule has 1 aromatic carbocycles. The normalized spacial score (nSPS) is 27.2. The molecule has 3 atom stereocenters. The average molecular weight is 368 g/mol. The van der Waals surface area contributed by atoms with Crippen LogP contribution in [0.1, 0.15) is 31.2 Å². The summed E-state index contributed by atoms with van der Waals surface area (Å²) in [5.74, 6) is -0.803. The fraction of sp³-hybridized carbons (Fsp3) is 0.500. The molecule has 6 heteroatoms. The van der Waals surface area contributed by atoms with Gasteiger partial charge in [-0.05, 0) is 37.0 Å². The van der Waals surface area contributed by atoms with Crippen LogP contribution in [0.4, 0.5) is 0 Å². The number of nitrogens with zero attached hydrogens (tertiary/aromatic N) is 1. The highest BCUT2D eigenvalue weighted by Crippen LogP contribution is 2.38. The highest BCUT2D eigenvalue weighted by Gasteiger charge is 2.42. The van der Waals surface area contributed by atoms with Crippen molar-refractivity contribution in [1.82, 2.24) is 4.90 Å². The van der Waals surface area contributed by atoms with Crippen molar-refractivity contribution < 1.29 is 19.4 Å². The molecule has 0 radical (unpaired) electrons. The lowest BCUT2D eigenvalue weighted by Crippen LogP contribution is -2.53. The van der Waals surface area contributed by atoms with Crippen molar-refractivity contribution >= 4 is 27.8 Å². The molecule has 3 unspecified atom stereocenters. The number of halogens is 1. The summed E-state index contributed by atoms with van der Waals surface area (Å²) in [5.41, 5.74) is 0.835. The number of amides is 1. The summed E-state index contributed by atoms with van der Waals surface area (Å²) < 4.78 is 6.47. The number of benzene rings is 1. The minimum absolute atomic E-state index is 0.0282. The first-order chi connectivity index (χ1) is 10.5. The molecule has 2 aliphatic rings. The van der Waals surface area contributed by atoms with E-state index in [4.69, 9.17) is 4.74 Å². The smallest absolute Gasteiger partial charge is 0.326 e. The zero-order valence-corrected chi connectivity index (χ0v) is 13.9. The van der Waals surface area contributed by atoms with E-state index >= 15 is 0 Å². The summed E-state index contributed by atoms with van der Waals surface area (Å²) >= 11 is 3.41. The summed E-state index contributed by atoms with van der Waals surface area (Å²) in [6.07, 6.45) is 1.68. The Kier molecular flexibility index (Phi) is 4.12. The molecule has 0 bridgehead atoms. The van der Waals surface area contributed by atoms with Gasteiger partial charge in [0.2, 0.25) is 5.91 Å². The number of carbonyl (C=O) groups is 2. The topological polar surface area (TPSA) is 66.8 Å². The molecule has 1 aromatic rings. The summed E-state index contributed by atoms with van der Waals surface area (Å²) in [7, 11) is 0. The molecular weight excluding hydrogens is 350 g/mol. The Morgan fingerprint density at radius 3 is 2.91 bits per heavy atom. The predicted octanol–water partition coefficient (Wildman–Crippen LogP) is 2.64. The number of aliphatic carboxylic acids is 1. The van der Waals surface area contributed by atoms with Gasteiger partial charge in [-0.3, -0.25) is 4.79 Å². The van der Waals surface area contributed by atoms with Gasteiger partial charge in [-0.15, -0.1) is 0 Å². The summed E-state index contributed by atoms with van der Waals surface area (Å²) in [4.78, 5) is 26.0. The number of likely N-dealkylation sites (tertiary alicyclic amines) is 1. The van der Waals surface area contributed by atoms with Gasteiger partial charge in [-0.2, -0.15) is 0 Å². The van der Waals surface area contributed by atoms with Crippen LogP contribution >= 0.6 is 15.9 Å². The van der Waals surface area contributed by atoms with Crippen LogP contribution in [0.25, 0.3) is 0 Å². The van der Waals surface area contributed by atoms with Crippen molar-refractivity contribution in [3.63, 3.8) is 0 Å². The van der Waals surface area contributed by atoms with E-state index in [0.717, 1.165) is 22.9 Å². The molecule has 2 heterocycles. The molecule has 1 saturated heterocycles. The second-order valence-electron chi connectivity index (χ2n) is 5.98. The number of fused-ring (bicyclic) bond motifs is 1. The lowest BCUT2D eigenvalue weighted by atomic mass is 9.89. The van der Waals surface area contributed by atoms with Gasteiger partial charge < -0.3 is 14.7 Å². The molecule has 1 N–H and O–H groups in total. The Labute approximate surface area is 137 Å². The fourth-order valence-electron chi connectivity index (χ4n) is 3.40. The van der Waals surface area contributed by atoms with Gasteiger partial charge in [0.25, 0.3) is 0 Å². The molecule has 0 aliphatic carbocycles. The highest BCUT2D eigenvalue weighted by atomic mass is 79.9. The van der Waals surface area contributed by atoms with Crippen molar-refractivity contribution in [2.45, 2.75) is 31.7 Å². The molecule has 3 rings (SSSR count). The zero-order valence-electron chi connectivity index (χ0n) is 12.3. The van der Waals surface area contributed by atoms with Crippen molar-refractivity contribution in [2.75, 3.05) is 13.2 Å². The quantitative estimate of drug-likeness (QED) is 0.872. The first kappa shape index (κ1) is 15.3. The van der Waals surface area contributed by atoms with Crippen molar-refractivity contribution in [2.24, 2.45) is 5.92 Å². The number of hydrogen-bond donors (Lipinski definition) is 1. The van der Waals surface area contributed by atoms with Crippen LogP contribution in [0.5, 0.6) is 5.75 Å². The number of carboxylic acid groups (broad SMARTS) is 1. The maximum atomic E-state index is 12.9. The van der Waals surface area contributed by atoms with E-state index in [-0.39, 0.29) is 18.4 Å². The maximum absolute atomic E-state index is 12.9. The van der Waals surface area contributed by atoms with Crippen molar-refractivity contribution in [3.8, 4) is 5.75 Å². The number of hydrogen-bond acceptors (Lipinski definition) is 3. The van der Waals surface area contributed by atoms with E-state index < -0.39 is 17.9 Å². The minimum Gasteiger partial charge on any atom is -0.492 e. The van der Waals surface area contributed by atoms with E-state index in [2.05, 4.69) is 15.9 Å². The molecule has 22 heavy (non-hydrogen) atoms. The van der Waals surface area contributed by atoms with Gasteiger partial charge in [0.15, 0.2) is 0 Å². The molecule has 1 fully saturated rings. The second-order valence-corrected chi connectivity index (χ2v) is 6.90. The first-order valence-electron chi connectivity index (χ1n) is 7.44. The SMILES string of the molecule is CC1CCCN(C(=O)C2COc3ccc(Br)cc32)C1C(=O)O. The van der Waals surface area contributed by atoms with Gasteiger partial charge in [-0.25, -0.2) is 4.79 Å². The molecule has 118 valence electrons. The molecule has 1 amide bonds. The Morgan fingerprint density at radius 2 is 2.18 bits per heavy atom. The van der Waals surface area contributed by atoms with Crippen LogP contribution in [-0.4, -0.2) is 41.1 Å². The molecule has 5 nitrogen and oxygen atoms in total. The minimum atomic E-state index is -0.922. The Balaban J connectivity index is 1.88. The number of rotatable bonds is 2. The summed E-state index contributed by atoms with van der Waals surface area (Å²) in [5, 5.41) is 9.48. The third-order valence-electron chi connectivity index (χ3n) is 4.52. The number of carboxylic acids is 1. The average Bonchev–Trinajstić information content (AvgIpc) is 2.88. The van der Waals surface area contributed by atoms with Crippen LogP contribution in [0.2, 0.25) is 0 Å². The Bertz CT molecular complexity index is 618. The van der Waals surface area contributed by atoms with Gasteiger partial charge in [0, 0.05) is 16.6 Å². The number of carbonyl (C=O) groups excluding carboxylic acids is 1. The largest absolute Gasteiger partial charge is 0.492 e. The molecule has 0 saturated carbocycles. The molecule has 0 spiro atoms. The zero-order chi connectivity index (χ0) is 15.9. The predicted molar refractivity (Wildman–Crippen MR) is 83.9 cm³/mol. The van der Waals surface area contributed by atoms with Gasteiger partial charge in [0.05, 0.1) is 0 Å². The first-order valence-corrected chi connectivity index (χ1v) is 8.24. The van der Waals surface area contributed by atoms with E-state index in [9.17, 15) is 14.7 Å². The monoisotopic (exact) mass is 367 g/mol. The lowest BCUT2D eigenvalue weighted by Gasteiger charge is -2.38. The van der Waals surface area contributed by atoms with Crippen LogP contribution in [-0.2, 0) is 9.59 Å². The summed E-state index contributed by atoms with van der Waals surface area (Å²) in [6.45, 7) is 2.68. The summed E-state index contributed by atoms with van der Waals surface area (Å²) in [6, 6.07) is 4.85. The highest BCUT2D eigenvalue weighted by molar-refractivity contribution is 9.10. The van der Waals surface area contributed by atoms with Crippen molar-refractivity contribution in [1.29, 1.82) is 0 Å². The Hall–Kier alpha value is -1.56. The van der Waals surface area contributed by atoms with Gasteiger partial charge in [-0.1, -0.05) is 22.9 Å². The molecular formula is C16H18BrNO4. The van der Waals surface area contributed by atoms with Gasteiger partial charge >= 0.3 is 5.97 Å². The fourth-order valence-corrected chi connectivity index (χ4v) is 3.78. The number of ether oxygens (including phenoxy) is 1. The van der Waals surface area contributed by atoms with Crippen LogP contribution in [0.15, 0.2) is 22.7 Å². The Morgan fingerprint density at radius 1 is 1.41 bits per heavy atom. The maximum Gasteiger partial charge on any atom is 0.326 e.